The molecule has 1 aliphatic rings. The Bertz CT molecular complexity index is 410. The van der Waals surface area contributed by atoms with Gasteiger partial charge in [-0.05, 0) is 24.8 Å². The van der Waals surface area contributed by atoms with Crippen molar-refractivity contribution in [3.63, 3.8) is 0 Å². The number of hydrogen-bond acceptors (Lipinski definition) is 4. The third-order valence-electron chi connectivity index (χ3n) is 4.54. The van der Waals surface area contributed by atoms with Crippen molar-refractivity contribution >= 4 is 0 Å². The van der Waals surface area contributed by atoms with Crippen molar-refractivity contribution in [3.8, 4) is 5.88 Å². The summed E-state index contributed by atoms with van der Waals surface area (Å²) in [5.74, 6) is 2.13. The van der Waals surface area contributed by atoms with Crippen molar-refractivity contribution in [2.45, 2.75) is 52.0 Å². The molecule has 20 heavy (non-hydrogen) atoms. The quantitative estimate of drug-likeness (QED) is 0.866. The molecule has 0 amide bonds. The van der Waals surface area contributed by atoms with Crippen LogP contribution in [0.2, 0.25) is 0 Å². The van der Waals surface area contributed by atoms with Crippen LogP contribution in [0.25, 0.3) is 0 Å². The van der Waals surface area contributed by atoms with Crippen molar-refractivity contribution in [1.82, 2.24) is 15.3 Å². The fourth-order valence-electron chi connectivity index (χ4n) is 3.51. The lowest BCUT2D eigenvalue weighted by molar-refractivity contribution is 0.174. The van der Waals surface area contributed by atoms with E-state index in [1.807, 2.05) is 6.07 Å². The average molecular weight is 277 g/mol. The van der Waals surface area contributed by atoms with Crippen molar-refractivity contribution in [2.24, 2.45) is 11.8 Å². The highest BCUT2D eigenvalue weighted by molar-refractivity contribution is 5.17. The third-order valence-corrected chi connectivity index (χ3v) is 4.54. The van der Waals surface area contributed by atoms with Crippen LogP contribution in [0.5, 0.6) is 5.88 Å². The smallest absolute Gasteiger partial charge is 0.216 e. The van der Waals surface area contributed by atoms with Crippen molar-refractivity contribution in [1.29, 1.82) is 0 Å². The summed E-state index contributed by atoms with van der Waals surface area (Å²) in [6.45, 7) is 5.44. The van der Waals surface area contributed by atoms with Crippen LogP contribution in [-0.4, -0.2) is 23.6 Å². The first-order valence-corrected chi connectivity index (χ1v) is 7.89. The summed E-state index contributed by atoms with van der Waals surface area (Å²) in [5.41, 5.74) is 1.07. The maximum Gasteiger partial charge on any atom is 0.216 e. The van der Waals surface area contributed by atoms with Gasteiger partial charge in [-0.1, -0.05) is 39.5 Å². The molecule has 4 heteroatoms. The molecule has 1 aromatic heterocycles. The molecule has 0 spiro atoms. The lowest BCUT2D eigenvalue weighted by Crippen LogP contribution is -2.35. The zero-order valence-corrected chi connectivity index (χ0v) is 12.9. The summed E-state index contributed by atoms with van der Waals surface area (Å²) < 4.78 is 5.24. The van der Waals surface area contributed by atoms with Gasteiger partial charge in [-0.15, -0.1) is 0 Å². The predicted molar refractivity (Wildman–Crippen MR) is 80.7 cm³/mol. The first-order valence-electron chi connectivity index (χ1n) is 7.89. The van der Waals surface area contributed by atoms with Crippen molar-refractivity contribution in [2.75, 3.05) is 13.7 Å². The molecule has 3 atom stereocenters. The second-order valence-electron chi connectivity index (χ2n) is 5.64. The molecule has 112 valence electrons. The number of nitrogens with one attached hydrogen (secondary N) is 1. The van der Waals surface area contributed by atoms with Gasteiger partial charge in [0, 0.05) is 6.07 Å². The molecule has 1 fully saturated rings. The molecule has 0 bridgehead atoms. The lowest BCUT2D eigenvalue weighted by atomic mass is 9.73. The fourth-order valence-corrected chi connectivity index (χ4v) is 3.51. The molecule has 3 unspecified atom stereocenters. The molecule has 1 aromatic rings. The zero-order valence-electron chi connectivity index (χ0n) is 12.9. The standard InChI is InChI=1S/C16H27N3O/c1-4-12-8-6-7-9-13(12)16(17-5-2)14-10-15(20-3)19-11-18-14/h10-13,16-17H,4-9H2,1-3H3. The average Bonchev–Trinajstić information content (AvgIpc) is 2.52. The Balaban J connectivity index is 2.24. The van der Waals surface area contributed by atoms with Crippen LogP contribution in [-0.2, 0) is 0 Å². The second kappa shape index (κ2) is 7.58. The third kappa shape index (κ3) is 3.48. The Hall–Kier alpha value is -1.16. The van der Waals surface area contributed by atoms with Gasteiger partial charge in [0.05, 0.1) is 18.8 Å². The van der Waals surface area contributed by atoms with E-state index in [-0.39, 0.29) is 0 Å². The van der Waals surface area contributed by atoms with E-state index in [4.69, 9.17) is 4.74 Å². The molecule has 2 rings (SSSR count). The van der Waals surface area contributed by atoms with Gasteiger partial charge in [0.1, 0.15) is 6.33 Å². The Morgan fingerprint density at radius 1 is 1.30 bits per heavy atom. The molecule has 1 N–H and O–H groups in total. The van der Waals surface area contributed by atoms with Crippen LogP contribution >= 0.6 is 0 Å². The molecule has 0 aromatic carbocycles. The molecule has 0 radical (unpaired) electrons. The molecule has 1 heterocycles. The van der Waals surface area contributed by atoms with E-state index in [2.05, 4.69) is 29.1 Å². The monoisotopic (exact) mass is 277 g/mol. The summed E-state index contributed by atoms with van der Waals surface area (Å²) in [5, 5.41) is 3.64. The van der Waals surface area contributed by atoms with Crippen LogP contribution in [0.3, 0.4) is 0 Å². The number of nitrogens with zero attached hydrogens (tertiary/aromatic N) is 2. The summed E-state index contributed by atoms with van der Waals surface area (Å²) in [4.78, 5) is 8.62. The largest absolute Gasteiger partial charge is 0.481 e. The van der Waals surface area contributed by atoms with Gasteiger partial charge in [0.2, 0.25) is 5.88 Å². The first-order chi connectivity index (χ1) is 9.80. The molecule has 0 aliphatic heterocycles. The van der Waals surface area contributed by atoms with E-state index in [1.165, 1.54) is 32.1 Å². The van der Waals surface area contributed by atoms with Crippen molar-refractivity contribution in [3.05, 3.63) is 18.1 Å². The van der Waals surface area contributed by atoms with Gasteiger partial charge in [0.15, 0.2) is 0 Å². The predicted octanol–water partition coefficient (Wildman–Crippen LogP) is 3.35. The number of hydrogen-bond donors (Lipinski definition) is 1. The molecule has 0 saturated heterocycles. The molecule has 4 nitrogen and oxygen atoms in total. The minimum absolute atomic E-state index is 0.321. The molecular weight excluding hydrogens is 250 g/mol. The highest BCUT2D eigenvalue weighted by Gasteiger charge is 2.32. The highest BCUT2D eigenvalue weighted by Crippen LogP contribution is 2.40. The summed E-state index contributed by atoms with van der Waals surface area (Å²) in [6, 6.07) is 2.30. The Morgan fingerprint density at radius 2 is 2.10 bits per heavy atom. The minimum Gasteiger partial charge on any atom is -0.481 e. The van der Waals surface area contributed by atoms with Gasteiger partial charge in [-0.25, -0.2) is 9.97 Å². The van der Waals surface area contributed by atoms with Gasteiger partial charge in [0.25, 0.3) is 0 Å². The fraction of sp³-hybridized carbons (Fsp3) is 0.750. The summed E-state index contributed by atoms with van der Waals surface area (Å²) in [6.07, 6.45) is 8.23. The molecular formula is C16H27N3O. The maximum atomic E-state index is 5.24. The van der Waals surface area contributed by atoms with E-state index in [1.54, 1.807) is 13.4 Å². The lowest BCUT2D eigenvalue weighted by Gasteiger charge is -2.37. The first kappa shape index (κ1) is 15.2. The van der Waals surface area contributed by atoms with E-state index in [9.17, 15) is 0 Å². The van der Waals surface area contributed by atoms with Crippen LogP contribution in [0, 0.1) is 11.8 Å². The van der Waals surface area contributed by atoms with E-state index in [0.29, 0.717) is 17.8 Å². The van der Waals surface area contributed by atoms with Crippen LogP contribution in [0.1, 0.15) is 57.7 Å². The van der Waals surface area contributed by atoms with Gasteiger partial charge >= 0.3 is 0 Å². The number of aromatic nitrogens is 2. The van der Waals surface area contributed by atoms with Crippen LogP contribution in [0.15, 0.2) is 12.4 Å². The van der Waals surface area contributed by atoms with Crippen LogP contribution in [0.4, 0.5) is 0 Å². The van der Waals surface area contributed by atoms with Gasteiger partial charge in [-0.2, -0.15) is 0 Å². The maximum absolute atomic E-state index is 5.24. The summed E-state index contributed by atoms with van der Waals surface area (Å²) >= 11 is 0. The van der Waals surface area contributed by atoms with Crippen molar-refractivity contribution < 1.29 is 4.74 Å². The number of ether oxygens (including phenoxy) is 1. The topological polar surface area (TPSA) is 47.0 Å². The SMILES string of the molecule is CCNC(c1cc(OC)ncn1)C1CCCCC1CC. The normalized spacial score (nSPS) is 24.4. The minimum atomic E-state index is 0.321. The Kier molecular flexibility index (Phi) is 5.77. The molecule has 1 saturated carbocycles. The Morgan fingerprint density at radius 3 is 2.80 bits per heavy atom. The van der Waals surface area contributed by atoms with Gasteiger partial charge in [-0.3, -0.25) is 0 Å². The van der Waals surface area contributed by atoms with E-state index in [0.717, 1.165) is 18.2 Å². The van der Waals surface area contributed by atoms with E-state index >= 15 is 0 Å². The van der Waals surface area contributed by atoms with Crippen LogP contribution < -0.4 is 10.1 Å². The second-order valence-corrected chi connectivity index (χ2v) is 5.64. The summed E-state index contributed by atoms with van der Waals surface area (Å²) in [7, 11) is 1.66. The molecule has 1 aliphatic carbocycles. The van der Waals surface area contributed by atoms with E-state index < -0.39 is 0 Å². The highest BCUT2D eigenvalue weighted by atomic mass is 16.5. The Labute approximate surface area is 122 Å². The van der Waals surface area contributed by atoms with Gasteiger partial charge < -0.3 is 10.1 Å². The number of methoxy groups -OCH3 is 1. The number of rotatable bonds is 6. The zero-order chi connectivity index (χ0) is 14.4.